The van der Waals surface area contributed by atoms with Gasteiger partial charge in [-0.15, -0.1) is 0 Å². The Labute approximate surface area is 75.1 Å². The number of hydrogen-bond donors (Lipinski definition) is 0. The molecule has 0 saturated carbocycles. The van der Waals surface area contributed by atoms with Crippen molar-refractivity contribution < 1.29 is 0 Å². The van der Waals surface area contributed by atoms with Crippen molar-refractivity contribution in [3.63, 3.8) is 0 Å². The van der Waals surface area contributed by atoms with Crippen LogP contribution in [0.1, 0.15) is 0 Å². The van der Waals surface area contributed by atoms with Gasteiger partial charge in [0, 0.05) is 14.1 Å². The first kappa shape index (κ1) is 9.32. The SMILES string of the molecule is CN(C)c1cncn1[Si](C)(C)C. The van der Waals surface area contributed by atoms with Gasteiger partial charge in [-0.2, -0.15) is 0 Å². The molecule has 0 aliphatic heterocycles. The number of nitrogens with zero attached hydrogens (tertiary/aromatic N) is 3. The molecule has 0 fully saturated rings. The van der Waals surface area contributed by atoms with E-state index in [4.69, 9.17) is 0 Å². The Morgan fingerprint density at radius 1 is 1.33 bits per heavy atom. The highest BCUT2D eigenvalue weighted by Crippen LogP contribution is 2.16. The molecule has 0 aromatic carbocycles. The molecule has 12 heavy (non-hydrogen) atoms. The lowest BCUT2D eigenvalue weighted by Gasteiger charge is -2.24. The zero-order valence-electron chi connectivity index (χ0n) is 8.50. The Morgan fingerprint density at radius 2 is 1.92 bits per heavy atom. The van der Waals surface area contributed by atoms with Crippen LogP contribution in [0.4, 0.5) is 5.82 Å². The van der Waals surface area contributed by atoms with Gasteiger partial charge in [-0.05, 0) is 0 Å². The van der Waals surface area contributed by atoms with E-state index >= 15 is 0 Å². The molecule has 1 aromatic rings. The van der Waals surface area contributed by atoms with Crippen molar-refractivity contribution in [3.8, 4) is 0 Å². The fourth-order valence-electron chi connectivity index (χ4n) is 1.14. The summed E-state index contributed by atoms with van der Waals surface area (Å²) >= 11 is 0. The summed E-state index contributed by atoms with van der Waals surface area (Å²) < 4.78 is 2.30. The Hall–Kier alpha value is -0.773. The normalized spacial score (nSPS) is 11.8. The van der Waals surface area contributed by atoms with Crippen molar-refractivity contribution in [1.82, 2.24) is 9.22 Å². The summed E-state index contributed by atoms with van der Waals surface area (Å²) in [6.07, 6.45) is 3.85. The van der Waals surface area contributed by atoms with Crippen molar-refractivity contribution in [3.05, 3.63) is 12.5 Å². The van der Waals surface area contributed by atoms with E-state index in [1.807, 2.05) is 26.6 Å². The monoisotopic (exact) mass is 183 g/mol. The highest BCUT2D eigenvalue weighted by atomic mass is 28.3. The Morgan fingerprint density at radius 3 is 2.25 bits per heavy atom. The minimum atomic E-state index is -1.28. The molecule has 0 N–H and O–H groups in total. The molecule has 0 amide bonds. The maximum Gasteiger partial charge on any atom is 0.156 e. The fourth-order valence-corrected chi connectivity index (χ4v) is 2.49. The topological polar surface area (TPSA) is 21.1 Å². The first-order valence-electron chi connectivity index (χ1n) is 4.13. The maximum absolute atomic E-state index is 4.17. The average molecular weight is 183 g/mol. The lowest BCUT2D eigenvalue weighted by molar-refractivity contribution is 1.02. The molecule has 0 atom stereocenters. The summed E-state index contributed by atoms with van der Waals surface area (Å²) in [7, 11) is 2.82. The standard InChI is InChI=1S/C8H17N3Si/c1-10(2)8-6-9-7-11(8)12(3,4)5/h6-7H,1-5H3. The molecule has 0 aliphatic rings. The number of hydrogen-bond acceptors (Lipinski definition) is 2. The zero-order chi connectivity index (χ0) is 9.35. The largest absolute Gasteiger partial charge is 0.363 e. The summed E-state index contributed by atoms with van der Waals surface area (Å²) in [5, 5.41) is 0. The van der Waals surface area contributed by atoms with Gasteiger partial charge in [-0.1, -0.05) is 19.6 Å². The maximum atomic E-state index is 4.17. The van der Waals surface area contributed by atoms with Gasteiger partial charge in [0.15, 0.2) is 8.24 Å². The number of anilines is 1. The number of aromatic nitrogens is 2. The van der Waals surface area contributed by atoms with Crippen LogP contribution in [0.15, 0.2) is 12.5 Å². The lowest BCUT2D eigenvalue weighted by Crippen LogP contribution is -2.33. The third-order valence-electron chi connectivity index (χ3n) is 1.80. The van der Waals surface area contributed by atoms with Crippen molar-refractivity contribution in [1.29, 1.82) is 0 Å². The molecule has 3 nitrogen and oxygen atoms in total. The molecule has 0 aliphatic carbocycles. The highest BCUT2D eigenvalue weighted by molar-refractivity contribution is 6.74. The quantitative estimate of drug-likeness (QED) is 0.650. The van der Waals surface area contributed by atoms with Gasteiger partial charge in [-0.3, -0.25) is 0 Å². The summed E-state index contributed by atoms with van der Waals surface area (Å²) in [6.45, 7) is 6.92. The molecule has 1 heterocycles. The third-order valence-corrected chi connectivity index (χ3v) is 3.59. The first-order chi connectivity index (χ1) is 5.43. The van der Waals surface area contributed by atoms with Crippen molar-refractivity contribution in [2.75, 3.05) is 19.0 Å². The van der Waals surface area contributed by atoms with Crippen LogP contribution < -0.4 is 4.90 Å². The summed E-state index contributed by atoms with van der Waals surface area (Å²) in [5.41, 5.74) is 0. The zero-order valence-corrected chi connectivity index (χ0v) is 9.50. The van der Waals surface area contributed by atoms with Crippen LogP contribution in [-0.4, -0.2) is 31.5 Å². The van der Waals surface area contributed by atoms with Gasteiger partial charge < -0.3 is 9.13 Å². The summed E-state index contributed by atoms with van der Waals surface area (Å²) in [4.78, 5) is 6.27. The van der Waals surface area contributed by atoms with E-state index < -0.39 is 8.24 Å². The molecule has 68 valence electrons. The van der Waals surface area contributed by atoms with Gasteiger partial charge in [-0.25, -0.2) is 4.98 Å². The molecule has 4 heteroatoms. The second-order valence-corrected chi connectivity index (χ2v) is 9.01. The van der Waals surface area contributed by atoms with Crippen LogP contribution in [0, 0.1) is 0 Å². The Bertz CT molecular complexity index is 260. The van der Waals surface area contributed by atoms with E-state index in [2.05, 4.69) is 33.8 Å². The second-order valence-electron chi connectivity index (χ2n) is 4.19. The molecular weight excluding hydrogens is 166 g/mol. The third kappa shape index (κ3) is 1.69. The van der Waals surface area contributed by atoms with Crippen LogP contribution in [-0.2, 0) is 0 Å². The van der Waals surface area contributed by atoms with Crippen LogP contribution >= 0.6 is 0 Å². The average Bonchev–Trinajstić information content (AvgIpc) is 2.30. The van der Waals surface area contributed by atoms with Crippen LogP contribution in [0.3, 0.4) is 0 Å². The van der Waals surface area contributed by atoms with Crippen LogP contribution in [0.2, 0.25) is 19.6 Å². The molecule has 0 bridgehead atoms. The van der Waals surface area contributed by atoms with Crippen molar-refractivity contribution >= 4 is 14.1 Å². The predicted octanol–water partition coefficient (Wildman–Crippen LogP) is 1.63. The van der Waals surface area contributed by atoms with E-state index in [0.717, 1.165) is 0 Å². The molecule has 0 radical (unpaired) electrons. The highest BCUT2D eigenvalue weighted by Gasteiger charge is 2.19. The van der Waals surface area contributed by atoms with Crippen molar-refractivity contribution in [2.24, 2.45) is 0 Å². The minimum Gasteiger partial charge on any atom is -0.363 e. The summed E-state index contributed by atoms with van der Waals surface area (Å²) in [5.74, 6) is 1.20. The van der Waals surface area contributed by atoms with E-state index in [0.29, 0.717) is 0 Å². The van der Waals surface area contributed by atoms with E-state index in [1.54, 1.807) is 0 Å². The molecule has 1 rings (SSSR count). The molecular formula is C8H17N3Si. The first-order valence-corrected chi connectivity index (χ1v) is 7.58. The minimum absolute atomic E-state index is 1.20. The van der Waals surface area contributed by atoms with Gasteiger partial charge >= 0.3 is 0 Å². The van der Waals surface area contributed by atoms with Gasteiger partial charge in [0.2, 0.25) is 0 Å². The van der Waals surface area contributed by atoms with Crippen LogP contribution in [0.5, 0.6) is 0 Å². The second kappa shape index (κ2) is 2.93. The van der Waals surface area contributed by atoms with E-state index in [-0.39, 0.29) is 0 Å². The molecule has 0 unspecified atom stereocenters. The lowest BCUT2D eigenvalue weighted by atomic mass is 10.7. The van der Waals surface area contributed by atoms with Gasteiger partial charge in [0.05, 0.1) is 12.5 Å². The van der Waals surface area contributed by atoms with Gasteiger partial charge in [0.25, 0.3) is 0 Å². The van der Waals surface area contributed by atoms with Crippen molar-refractivity contribution in [2.45, 2.75) is 19.6 Å². The molecule has 0 saturated heterocycles. The Balaban J connectivity index is 3.08. The molecule has 0 spiro atoms. The Kier molecular flexibility index (Phi) is 2.28. The van der Waals surface area contributed by atoms with E-state index in [9.17, 15) is 0 Å². The smallest absolute Gasteiger partial charge is 0.156 e. The van der Waals surface area contributed by atoms with Gasteiger partial charge in [0.1, 0.15) is 5.82 Å². The fraction of sp³-hybridized carbons (Fsp3) is 0.625. The van der Waals surface area contributed by atoms with Crippen LogP contribution in [0.25, 0.3) is 0 Å². The number of rotatable bonds is 2. The number of imidazole rings is 1. The predicted molar refractivity (Wildman–Crippen MR) is 55.3 cm³/mol. The van der Waals surface area contributed by atoms with E-state index in [1.165, 1.54) is 5.82 Å². The summed E-state index contributed by atoms with van der Waals surface area (Å²) in [6, 6.07) is 0. The molecule has 1 aromatic heterocycles.